The predicted molar refractivity (Wildman–Crippen MR) is 67.0 cm³/mol. The van der Waals surface area contributed by atoms with E-state index in [2.05, 4.69) is 0 Å². The smallest absolute Gasteiger partial charge is 0.160 e. The second-order valence-corrected chi connectivity index (χ2v) is 5.12. The third kappa shape index (κ3) is 4.98. The highest BCUT2D eigenvalue weighted by Gasteiger charge is 2.30. The van der Waals surface area contributed by atoms with E-state index in [1.54, 1.807) is 12.1 Å². The first-order chi connectivity index (χ1) is 7.98. The second-order valence-electron chi connectivity index (χ2n) is 3.37. The van der Waals surface area contributed by atoms with Crippen LogP contribution in [0, 0.1) is 0 Å². The summed E-state index contributed by atoms with van der Waals surface area (Å²) in [6.45, 7) is 0. The predicted octanol–water partition coefficient (Wildman–Crippen LogP) is 5.21. The van der Waals surface area contributed by atoms with E-state index in [9.17, 15) is 13.2 Å². The number of halogens is 5. The highest BCUT2D eigenvalue weighted by Crippen LogP contribution is 2.39. The maximum Gasteiger partial charge on any atom is 0.446 e. The Morgan fingerprint density at radius 2 is 1.88 bits per heavy atom. The molecule has 0 aromatic heterocycles. The largest absolute Gasteiger partial charge is 0.446 e. The Morgan fingerprint density at radius 1 is 1.18 bits per heavy atom. The Balaban J connectivity index is 3.01. The third-order valence-electron chi connectivity index (χ3n) is 2.16. The van der Waals surface area contributed by atoms with Crippen molar-refractivity contribution in [3.8, 4) is 0 Å². The van der Waals surface area contributed by atoms with Crippen LogP contribution in [0.3, 0.4) is 0 Å². The van der Waals surface area contributed by atoms with E-state index < -0.39 is 5.51 Å². The van der Waals surface area contributed by atoms with Gasteiger partial charge in [0.15, 0.2) is 0 Å². The molecule has 96 valence electrons. The standard InChI is InChI=1S/C11H11Cl2F3S/c12-6-2-4-9-8(7-13)3-1-5-10(9)17-11(14,15)16/h1,3,5H,2,4,6-7H2. The molecule has 0 radical (unpaired) electrons. The van der Waals surface area contributed by atoms with Crippen LogP contribution in [0.15, 0.2) is 23.1 Å². The zero-order valence-electron chi connectivity index (χ0n) is 8.86. The van der Waals surface area contributed by atoms with Crippen LogP contribution in [0.1, 0.15) is 17.5 Å². The van der Waals surface area contributed by atoms with Crippen LogP contribution in [0.4, 0.5) is 13.2 Å². The highest BCUT2D eigenvalue weighted by atomic mass is 35.5. The van der Waals surface area contributed by atoms with Crippen molar-refractivity contribution < 1.29 is 13.2 Å². The van der Waals surface area contributed by atoms with E-state index in [1.165, 1.54) is 6.07 Å². The SMILES string of the molecule is FC(F)(F)Sc1cccc(CCl)c1CCCCl. The molecule has 0 heterocycles. The monoisotopic (exact) mass is 302 g/mol. The Hall–Kier alpha value is -0.0600. The maximum atomic E-state index is 12.4. The van der Waals surface area contributed by atoms with Gasteiger partial charge in [-0.15, -0.1) is 23.2 Å². The van der Waals surface area contributed by atoms with Crippen LogP contribution in [0.25, 0.3) is 0 Å². The molecule has 17 heavy (non-hydrogen) atoms. The Kier molecular flexibility index (Phi) is 5.97. The molecule has 1 rings (SSSR count). The first kappa shape index (κ1) is 15.0. The Bertz CT molecular complexity index is 366. The van der Waals surface area contributed by atoms with Crippen molar-refractivity contribution in [2.24, 2.45) is 0 Å². The van der Waals surface area contributed by atoms with Crippen molar-refractivity contribution in [2.75, 3.05) is 5.88 Å². The molecular weight excluding hydrogens is 292 g/mol. The summed E-state index contributed by atoms with van der Waals surface area (Å²) >= 11 is 11.2. The lowest BCUT2D eigenvalue weighted by Crippen LogP contribution is -2.03. The Morgan fingerprint density at radius 3 is 2.41 bits per heavy atom. The molecule has 0 aliphatic rings. The number of hydrogen-bond donors (Lipinski definition) is 0. The van der Waals surface area contributed by atoms with Crippen molar-refractivity contribution in [1.82, 2.24) is 0 Å². The molecule has 6 heteroatoms. The van der Waals surface area contributed by atoms with E-state index in [0.717, 1.165) is 5.56 Å². The lowest BCUT2D eigenvalue weighted by Gasteiger charge is -2.14. The van der Waals surface area contributed by atoms with Crippen LogP contribution in [0.5, 0.6) is 0 Å². The first-order valence-corrected chi connectivity index (χ1v) is 6.85. The molecule has 0 saturated heterocycles. The highest BCUT2D eigenvalue weighted by molar-refractivity contribution is 8.00. The van der Waals surface area contributed by atoms with E-state index >= 15 is 0 Å². The number of rotatable bonds is 5. The number of thioether (sulfide) groups is 1. The van der Waals surface area contributed by atoms with Gasteiger partial charge >= 0.3 is 5.51 Å². The molecule has 0 atom stereocenters. The van der Waals surface area contributed by atoms with Crippen molar-refractivity contribution in [3.05, 3.63) is 29.3 Å². The van der Waals surface area contributed by atoms with Gasteiger partial charge in [0.05, 0.1) is 0 Å². The van der Waals surface area contributed by atoms with E-state index in [4.69, 9.17) is 23.2 Å². The average molecular weight is 303 g/mol. The third-order valence-corrected chi connectivity index (χ3v) is 3.55. The van der Waals surface area contributed by atoms with Gasteiger partial charge in [-0.3, -0.25) is 0 Å². The number of alkyl halides is 5. The molecule has 0 bridgehead atoms. The van der Waals surface area contributed by atoms with E-state index in [0.29, 0.717) is 24.3 Å². The van der Waals surface area contributed by atoms with Crippen LogP contribution < -0.4 is 0 Å². The molecule has 0 spiro atoms. The molecule has 0 unspecified atom stereocenters. The summed E-state index contributed by atoms with van der Waals surface area (Å²) in [4.78, 5) is 0.223. The molecule has 0 aliphatic carbocycles. The lowest BCUT2D eigenvalue weighted by molar-refractivity contribution is -0.0328. The molecule has 0 amide bonds. The number of benzene rings is 1. The molecular formula is C11H11Cl2F3S. The summed E-state index contributed by atoms with van der Waals surface area (Å²) in [5.74, 6) is 0.636. The Labute approximate surface area is 112 Å². The average Bonchev–Trinajstić information content (AvgIpc) is 2.25. The van der Waals surface area contributed by atoms with Gasteiger partial charge in [0.1, 0.15) is 0 Å². The van der Waals surface area contributed by atoms with Crippen molar-refractivity contribution in [2.45, 2.75) is 29.1 Å². The van der Waals surface area contributed by atoms with Gasteiger partial charge in [0.25, 0.3) is 0 Å². The summed E-state index contributed by atoms with van der Waals surface area (Å²) in [5, 5.41) is 0. The molecule has 0 aliphatic heterocycles. The fourth-order valence-corrected chi connectivity index (χ4v) is 2.62. The van der Waals surface area contributed by atoms with Crippen LogP contribution in [0.2, 0.25) is 0 Å². The fraction of sp³-hybridized carbons (Fsp3) is 0.455. The van der Waals surface area contributed by atoms with Crippen molar-refractivity contribution in [1.29, 1.82) is 0 Å². The topological polar surface area (TPSA) is 0 Å². The minimum atomic E-state index is -4.28. The second kappa shape index (κ2) is 6.76. The quantitative estimate of drug-likeness (QED) is 0.531. The lowest BCUT2D eigenvalue weighted by atomic mass is 10.0. The number of hydrogen-bond acceptors (Lipinski definition) is 1. The molecule has 0 nitrogen and oxygen atoms in total. The van der Waals surface area contributed by atoms with Gasteiger partial charge in [-0.25, -0.2) is 0 Å². The molecule has 1 aromatic rings. The van der Waals surface area contributed by atoms with Crippen molar-refractivity contribution in [3.63, 3.8) is 0 Å². The van der Waals surface area contributed by atoms with Gasteiger partial charge < -0.3 is 0 Å². The molecule has 0 N–H and O–H groups in total. The summed E-state index contributed by atoms with van der Waals surface area (Å²) < 4.78 is 37.1. The van der Waals surface area contributed by atoms with Crippen LogP contribution in [-0.2, 0) is 12.3 Å². The first-order valence-electron chi connectivity index (χ1n) is 4.96. The van der Waals surface area contributed by atoms with Gasteiger partial charge in [-0.2, -0.15) is 13.2 Å². The summed E-state index contributed by atoms with van der Waals surface area (Å²) in [6.07, 6.45) is 1.16. The molecule has 1 aromatic carbocycles. The van der Waals surface area contributed by atoms with Gasteiger partial charge in [-0.1, -0.05) is 12.1 Å². The normalized spacial score (nSPS) is 11.8. The van der Waals surface area contributed by atoms with Crippen LogP contribution >= 0.6 is 35.0 Å². The fourth-order valence-electron chi connectivity index (χ4n) is 1.48. The van der Waals surface area contributed by atoms with Crippen LogP contribution in [-0.4, -0.2) is 11.4 Å². The summed E-state index contributed by atoms with van der Waals surface area (Å²) in [6, 6.07) is 4.81. The zero-order valence-corrected chi connectivity index (χ0v) is 11.2. The van der Waals surface area contributed by atoms with E-state index in [1.807, 2.05) is 0 Å². The minimum absolute atomic E-state index is 0.0944. The van der Waals surface area contributed by atoms with Crippen molar-refractivity contribution >= 4 is 35.0 Å². The maximum absolute atomic E-state index is 12.4. The minimum Gasteiger partial charge on any atom is -0.160 e. The van der Waals surface area contributed by atoms with Gasteiger partial charge in [0, 0.05) is 16.7 Å². The molecule has 0 fully saturated rings. The summed E-state index contributed by atoms with van der Waals surface area (Å²) in [7, 11) is 0. The molecule has 0 saturated carbocycles. The zero-order chi connectivity index (χ0) is 12.9. The van der Waals surface area contributed by atoms with E-state index in [-0.39, 0.29) is 22.5 Å². The van der Waals surface area contributed by atoms with Gasteiger partial charge in [0.2, 0.25) is 0 Å². The van der Waals surface area contributed by atoms with Gasteiger partial charge in [-0.05, 0) is 41.8 Å². The summed E-state index contributed by atoms with van der Waals surface area (Å²) in [5.41, 5.74) is -2.88.